The molecule has 5 nitrogen and oxygen atoms in total. The maximum atomic E-state index is 12.9. The highest BCUT2D eigenvalue weighted by Crippen LogP contribution is 2.17. The molecule has 1 fully saturated rings. The maximum Gasteiger partial charge on any atom is 0.279 e. The molecule has 0 radical (unpaired) electrons. The van der Waals surface area contributed by atoms with Gasteiger partial charge in [0.25, 0.3) is 5.91 Å². The summed E-state index contributed by atoms with van der Waals surface area (Å²) in [6.07, 6.45) is 3.33. The van der Waals surface area contributed by atoms with Crippen molar-refractivity contribution in [2.45, 2.75) is 6.92 Å². The highest BCUT2D eigenvalue weighted by atomic mass is 35.5. The first-order valence-corrected chi connectivity index (χ1v) is 9.90. The van der Waals surface area contributed by atoms with Crippen LogP contribution in [0.3, 0.4) is 0 Å². The van der Waals surface area contributed by atoms with Gasteiger partial charge in [-0.15, -0.1) is 0 Å². The van der Waals surface area contributed by atoms with Gasteiger partial charge in [-0.1, -0.05) is 23.7 Å². The SMILES string of the molecule is Cc1ccc(/C=C/C(=O)N2CC[NH+](CC(=O)Nc3ccc(F)cc3)CC2)cc1Cl. The van der Waals surface area contributed by atoms with Crippen molar-refractivity contribution in [3.63, 3.8) is 0 Å². The molecule has 1 aliphatic heterocycles. The molecule has 2 amide bonds. The predicted octanol–water partition coefficient (Wildman–Crippen LogP) is 2.17. The minimum atomic E-state index is -0.339. The van der Waals surface area contributed by atoms with E-state index in [2.05, 4.69) is 5.32 Å². The summed E-state index contributed by atoms with van der Waals surface area (Å²) in [5, 5.41) is 3.44. The van der Waals surface area contributed by atoms with E-state index in [9.17, 15) is 14.0 Å². The molecule has 0 saturated carbocycles. The highest BCUT2D eigenvalue weighted by molar-refractivity contribution is 6.31. The van der Waals surface area contributed by atoms with Gasteiger partial charge in [-0.25, -0.2) is 4.39 Å². The molecule has 0 spiro atoms. The van der Waals surface area contributed by atoms with E-state index in [1.807, 2.05) is 25.1 Å². The van der Waals surface area contributed by atoms with Crippen LogP contribution in [0.2, 0.25) is 5.02 Å². The van der Waals surface area contributed by atoms with Gasteiger partial charge in [-0.2, -0.15) is 0 Å². The molecule has 2 N–H and O–H groups in total. The molecule has 2 aromatic carbocycles. The van der Waals surface area contributed by atoms with E-state index in [1.165, 1.54) is 24.3 Å². The summed E-state index contributed by atoms with van der Waals surface area (Å²) in [4.78, 5) is 27.5. The molecule has 3 rings (SSSR count). The first-order chi connectivity index (χ1) is 13.9. The lowest BCUT2D eigenvalue weighted by molar-refractivity contribution is -0.895. The van der Waals surface area contributed by atoms with Gasteiger partial charge >= 0.3 is 0 Å². The molecule has 0 atom stereocenters. The van der Waals surface area contributed by atoms with Gasteiger partial charge in [0, 0.05) is 16.8 Å². The van der Waals surface area contributed by atoms with Gasteiger partial charge < -0.3 is 15.1 Å². The van der Waals surface area contributed by atoms with Crippen LogP contribution in [-0.2, 0) is 9.59 Å². The van der Waals surface area contributed by atoms with Crippen molar-refractivity contribution in [1.29, 1.82) is 0 Å². The molecule has 2 aromatic rings. The van der Waals surface area contributed by atoms with Gasteiger partial charge in [-0.05, 0) is 54.5 Å². The fourth-order valence-corrected chi connectivity index (χ4v) is 3.36. The number of hydrogen-bond acceptors (Lipinski definition) is 2. The Balaban J connectivity index is 1.45. The molecule has 0 aromatic heterocycles. The minimum absolute atomic E-state index is 0.0449. The third-order valence-electron chi connectivity index (χ3n) is 4.94. The average molecular weight is 417 g/mol. The zero-order valence-corrected chi connectivity index (χ0v) is 17.0. The van der Waals surface area contributed by atoms with Crippen LogP contribution in [0.1, 0.15) is 11.1 Å². The number of carbonyl (C=O) groups excluding carboxylic acids is 2. The number of piperazine rings is 1. The topological polar surface area (TPSA) is 53.9 Å². The largest absolute Gasteiger partial charge is 0.328 e. The Bertz CT molecular complexity index is 907. The summed E-state index contributed by atoms with van der Waals surface area (Å²) in [5.41, 5.74) is 2.46. The number of nitrogens with one attached hydrogen (secondary N) is 2. The number of nitrogens with zero attached hydrogens (tertiary/aromatic N) is 1. The van der Waals surface area contributed by atoms with Crippen molar-refractivity contribution in [2.75, 3.05) is 38.0 Å². The van der Waals surface area contributed by atoms with Gasteiger partial charge in [0.1, 0.15) is 5.82 Å². The molecule has 1 saturated heterocycles. The molecule has 152 valence electrons. The number of anilines is 1. The van der Waals surface area contributed by atoms with Crippen LogP contribution >= 0.6 is 11.6 Å². The monoisotopic (exact) mass is 416 g/mol. The molecule has 7 heteroatoms. The standard InChI is InChI=1S/C22H23ClFN3O2/c1-16-2-3-17(14-20(16)23)4-9-22(29)27-12-10-26(11-13-27)15-21(28)25-19-7-5-18(24)6-8-19/h2-9,14H,10-13,15H2,1H3,(H,25,28)/p+1/b9-4+. The number of quaternary nitrogens is 1. The minimum Gasteiger partial charge on any atom is -0.328 e. The summed E-state index contributed by atoms with van der Waals surface area (Å²) in [6.45, 7) is 4.84. The van der Waals surface area contributed by atoms with Crippen molar-refractivity contribution in [3.05, 3.63) is 70.5 Å². The summed E-state index contributed by atoms with van der Waals surface area (Å²) in [7, 11) is 0. The third kappa shape index (κ3) is 6.14. The lowest BCUT2D eigenvalue weighted by Gasteiger charge is -2.31. The average Bonchev–Trinajstić information content (AvgIpc) is 2.71. The van der Waals surface area contributed by atoms with E-state index < -0.39 is 0 Å². The van der Waals surface area contributed by atoms with Crippen LogP contribution in [0, 0.1) is 12.7 Å². The van der Waals surface area contributed by atoms with Crippen molar-refractivity contribution in [3.8, 4) is 0 Å². The number of rotatable bonds is 5. The summed E-state index contributed by atoms with van der Waals surface area (Å²) >= 11 is 6.11. The second-order valence-electron chi connectivity index (χ2n) is 7.15. The Morgan fingerprint density at radius 1 is 1.17 bits per heavy atom. The smallest absolute Gasteiger partial charge is 0.279 e. The quantitative estimate of drug-likeness (QED) is 0.734. The Morgan fingerprint density at radius 2 is 1.86 bits per heavy atom. The lowest BCUT2D eigenvalue weighted by Crippen LogP contribution is -3.15. The Labute approximate surface area is 174 Å². The third-order valence-corrected chi connectivity index (χ3v) is 5.34. The molecule has 0 unspecified atom stereocenters. The number of hydrogen-bond donors (Lipinski definition) is 2. The summed E-state index contributed by atoms with van der Waals surface area (Å²) in [5.74, 6) is -0.507. The van der Waals surface area contributed by atoms with E-state index in [1.54, 1.807) is 17.1 Å². The van der Waals surface area contributed by atoms with Crippen molar-refractivity contribution < 1.29 is 18.9 Å². The highest BCUT2D eigenvalue weighted by Gasteiger charge is 2.24. The van der Waals surface area contributed by atoms with Crippen molar-refractivity contribution in [2.24, 2.45) is 0 Å². The second kappa shape index (κ2) is 9.67. The van der Waals surface area contributed by atoms with Crippen LogP contribution in [0.15, 0.2) is 48.5 Å². The fourth-order valence-electron chi connectivity index (χ4n) is 3.17. The molecule has 1 heterocycles. The van der Waals surface area contributed by atoms with Gasteiger partial charge in [0.2, 0.25) is 5.91 Å². The van der Waals surface area contributed by atoms with Crippen LogP contribution in [0.5, 0.6) is 0 Å². The lowest BCUT2D eigenvalue weighted by atomic mass is 10.1. The number of amides is 2. The number of aryl methyl sites for hydroxylation is 1. The Hall–Kier alpha value is -2.70. The number of benzene rings is 2. The molecule has 0 bridgehead atoms. The zero-order valence-electron chi connectivity index (χ0n) is 16.3. The van der Waals surface area contributed by atoms with Gasteiger partial charge in [-0.3, -0.25) is 9.59 Å². The second-order valence-corrected chi connectivity index (χ2v) is 7.56. The molecule has 1 aliphatic rings. The number of halogens is 2. The van der Waals surface area contributed by atoms with Crippen LogP contribution in [-0.4, -0.2) is 49.4 Å². The number of carbonyl (C=O) groups is 2. The van der Waals surface area contributed by atoms with E-state index in [0.717, 1.165) is 16.0 Å². The zero-order chi connectivity index (χ0) is 20.8. The van der Waals surface area contributed by atoms with Gasteiger partial charge in [0.15, 0.2) is 6.54 Å². The molecular weight excluding hydrogens is 393 g/mol. The van der Waals surface area contributed by atoms with Crippen molar-refractivity contribution >= 4 is 35.2 Å². The van der Waals surface area contributed by atoms with E-state index in [4.69, 9.17) is 11.6 Å². The van der Waals surface area contributed by atoms with E-state index in [0.29, 0.717) is 43.4 Å². The summed E-state index contributed by atoms with van der Waals surface area (Å²) < 4.78 is 12.9. The summed E-state index contributed by atoms with van der Waals surface area (Å²) in [6, 6.07) is 11.4. The van der Waals surface area contributed by atoms with Crippen LogP contribution < -0.4 is 10.2 Å². The first kappa shape index (κ1) is 21.0. The Morgan fingerprint density at radius 3 is 2.52 bits per heavy atom. The van der Waals surface area contributed by atoms with Crippen molar-refractivity contribution in [1.82, 2.24) is 4.90 Å². The van der Waals surface area contributed by atoms with E-state index >= 15 is 0 Å². The van der Waals surface area contributed by atoms with Crippen LogP contribution in [0.4, 0.5) is 10.1 Å². The van der Waals surface area contributed by atoms with E-state index in [-0.39, 0.29) is 17.6 Å². The Kier molecular flexibility index (Phi) is 7.01. The predicted molar refractivity (Wildman–Crippen MR) is 112 cm³/mol. The molecular formula is C22H24ClFN3O2+. The van der Waals surface area contributed by atoms with Gasteiger partial charge in [0.05, 0.1) is 26.2 Å². The van der Waals surface area contributed by atoms with Crippen LogP contribution in [0.25, 0.3) is 6.08 Å². The molecule has 29 heavy (non-hydrogen) atoms. The molecule has 0 aliphatic carbocycles. The normalized spacial score (nSPS) is 14.9. The fraction of sp³-hybridized carbons (Fsp3) is 0.273. The maximum absolute atomic E-state index is 12.9. The first-order valence-electron chi connectivity index (χ1n) is 9.53.